The van der Waals surface area contributed by atoms with E-state index in [0.717, 1.165) is 22.4 Å². The maximum Gasteiger partial charge on any atom is 0.280 e. The first kappa shape index (κ1) is 21.8. The zero-order valence-electron chi connectivity index (χ0n) is 18.0. The summed E-state index contributed by atoms with van der Waals surface area (Å²) in [6.07, 6.45) is 0. The zero-order valence-corrected chi connectivity index (χ0v) is 18.0. The van der Waals surface area contributed by atoms with Gasteiger partial charge in [0, 0.05) is 5.69 Å². The third-order valence-electron chi connectivity index (χ3n) is 4.66. The van der Waals surface area contributed by atoms with E-state index >= 15 is 0 Å². The highest BCUT2D eigenvalue weighted by Gasteiger charge is 2.20. The van der Waals surface area contributed by atoms with Crippen LogP contribution in [0, 0.1) is 20.8 Å². The molecule has 162 valence electrons. The number of hydrogen-bond acceptors (Lipinski definition) is 6. The van der Waals surface area contributed by atoms with Gasteiger partial charge in [-0.3, -0.25) is 9.59 Å². The number of benzene rings is 2. The van der Waals surface area contributed by atoms with Gasteiger partial charge in [-0.1, -0.05) is 35.0 Å². The number of para-hydroxylation sites is 2. The molecule has 1 heterocycles. The van der Waals surface area contributed by atoms with Crippen LogP contribution in [-0.4, -0.2) is 33.4 Å². The standard InChI is InChI=1S/C22H26N6O3/c1-5-31-17-9-7-6-8-16(17)24-22(30)20-21(23)28(27-26-20)12-18(29)25-19-14(3)10-13(2)11-15(19)4/h6-11H,5,12,23H2,1-4H3,(H,24,30)(H,25,29). The maximum atomic E-state index is 12.6. The van der Waals surface area contributed by atoms with Crippen molar-refractivity contribution in [2.24, 2.45) is 0 Å². The SMILES string of the molecule is CCOc1ccccc1NC(=O)c1nnn(CC(=O)Nc2c(C)cc(C)cc2C)c1N. The summed E-state index contributed by atoms with van der Waals surface area (Å²) < 4.78 is 6.70. The number of carbonyl (C=O) groups excluding carboxylic acids is 2. The van der Waals surface area contributed by atoms with Crippen LogP contribution >= 0.6 is 0 Å². The molecule has 2 amide bonds. The van der Waals surface area contributed by atoms with Gasteiger partial charge >= 0.3 is 0 Å². The number of amides is 2. The largest absolute Gasteiger partial charge is 0.492 e. The van der Waals surface area contributed by atoms with Crippen LogP contribution in [0.5, 0.6) is 5.75 Å². The van der Waals surface area contributed by atoms with Crippen molar-refractivity contribution in [3.63, 3.8) is 0 Å². The predicted molar refractivity (Wildman–Crippen MR) is 119 cm³/mol. The average Bonchev–Trinajstić information content (AvgIpc) is 3.06. The second-order valence-electron chi connectivity index (χ2n) is 7.19. The van der Waals surface area contributed by atoms with E-state index in [1.54, 1.807) is 24.3 Å². The Bertz CT molecular complexity index is 1100. The Labute approximate surface area is 180 Å². The fourth-order valence-corrected chi connectivity index (χ4v) is 3.32. The van der Waals surface area contributed by atoms with Crippen LogP contribution in [0.4, 0.5) is 17.2 Å². The van der Waals surface area contributed by atoms with Crippen LogP contribution < -0.4 is 21.1 Å². The summed E-state index contributed by atoms with van der Waals surface area (Å²) in [6.45, 7) is 8.01. The number of nitrogens with zero attached hydrogens (tertiary/aromatic N) is 3. The number of nitrogen functional groups attached to an aromatic ring is 1. The Balaban J connectivity index is 1.72. The molecule has 3 aromatic rings. The van der Waals surface area contributed by atoms with Gasteiger partial charge in [-0.15, -0.1) is 5.10 Å². The van der Waals surface area contributed by atoms with Crippen LogP contribution in [0.2, 0.25) is 0 Å². The minimum Gasteiger partial charge on any atom is -0.492 e. The number of aryl methyl sites for hydroxylation is 3. The summed E-state index contributed by atoms with van der Waals surface area (Å²) >= 11 is 0. The van der Waals surface area contributed by atoms with Crippen molar-refractivity contribution in [2.75, 3.05) is 23.0 Å². The van der Waals surface area contributed by atoms with Gasteiger partial charge in [-0.2, -0.15) is 0 Å². The summed E-state index contributed by atoms with van der Waals surface area (Å²) in [7, 11) is 0. The van der Waals surface area contributed by atoms with Crippen molar-refractivity contribution in [3.8, 4) is 5.75 Å². The van der Waals surface area contributed by atoms with E-state index in [1.165, 1.54) is 4.68 Å². The molecule has 3 rings (SSSR count). The van der Waals surface area contributed by atoms with Gasteiger partial charge in [-0.25, -0.2) is 4.68 Å². The van der Waals surface area contributed by atoms with Gasteiger partial charge in [0.05, 0.1) is 12.3 Å². The molecule has 9 heteroatoms. The third-order valence-corrected chi connectivity index (χ3v) is 4.66. The lowest BCUT2D eigenvalue weighted by Crippen LogP contribution is -2.22. The number of nitrogens with two attached hydrogens (primary N) is 1. The molecule has 0 radical (unpaired) electrons. The van der Waals surface area contributed by atoms with E-state index in [9.17, 15) is 9.59 Å². The molecule has 0 atom stereocenters. The lowest BCUT2D eigenvalue weighted by molar-refractivity contribution is -0.116. The van der Waals surface area contributed by atoms with Crippen molar-refractivity contribution in [2.45, 2.75) is 34.2 Å². The first-order chi connectivity index (χ1) is 14.8. The van der Waals surface area contributed by atoms with E-state index in [4.69, 9.17) is 10.5 Å². The number of anilines is 3. The molecule has 0 aliphatic rings. The lowest BCUT2D eigenvalue weighted by atomic mass is 10.1. The number of hydrogen-bond donors (Lipinski definition) is 3. The Morgan fingerprint density at radius 2 is 1.77 bits per heavy atom. The average molecular weight is 422 g/mol. The quantitative estimate of drug-likeness (QED) is 0.537. The number of ether oxygens (including phenoxy) is 1. The normalized spacial score (nSPS) is 10.6. The monoisotopic (exact) mass is 422 g/mol. The molecular formula is C22H26N6O3. The van der Waals surface area contributed by atoms with Crippen LogP contribution in [0.25, 0.3) is 0 Å². The van der Waals surface area contributed by atoms with Gasteiger partial charge in [0.25, 0.3) is 5.91 Å². The number of nitrogens with one attached hydrogen (secondary N) is 2. The number of aromatic nitrogens is 3. The van der Waals surface area contributed by atoms with E-state index in [1.807, 2.05) is 39.8 Å². The minimum absolute atomic E-state index is 0.00103. The van der Waals surface area contributed by atoms with Gasteiger partial charge in [0.15, 0.2) is 11.5 Å². The fraction of sp³-hybridized carbons (Fsp3) is 0.273. The topological polar surface area (TPSA) is 124 Å². The molecule has 31 heavy (non-hydrogen) atoms. The second-order valence-corrected chi connectivity index (χ2v) is 7.19. The number of rotatable bonds is 7. The Morgan fingerprint density at radius 1 is 1.10 bits per heavy atom. The van der Waals surface area contributed by atoms with Crippen molar-refractivity contribution in [1.82, 2.24) is 15.0 Å². The predicted octanol–water partition coefficient (Wildman–Crippen LogP) is 3.08. The highest BCUT2D eigenvalue weighted by Crippen LogP contribution is 2.25. The van der Waals surface area contributed by atoms with Crippen LogP contribution in [0.3, 0.4) is 0 Å². The van der Waals surface area contributed by atoms with Crippen molar-refractivity contribution >= 4 is 29.0 Å². The molecule has 2 aromatic carbocycles. The van der Waals surface area contributed by atoms with Crippen LogP contribution in [0.15, 0.2) is 36.4 Å². The third kappa shape index (κ3) is 5.00. The van der Waals surface area contributed by atoms with Crippen molar-refractivity contribution in [1.29, 1.82) is 0 Å². The highest BCUT2D eigenvalue weighted by atomic mass is 16.5. The van der Waals surface area contributed by atoms with E-state index in [2.05, 4.69) is 20.9 Å². The van der Waals surface area contributed by atoms with Crippen LogP contribution in [-0.2, 0) is 11.3 Å². The highest BCUT2D eigenvalue weighted by molar-refractivity contribution is 6.06. The molecule has 0 fully saturated rings. The molecular weight excluding hydrogens is 396 g/mol. The van der Waals surface area contributed by atoms with E-state index in [0.29, 0.717) is 18.0 Å². The molecule has 0 saturated carbocycles. The Morgan fingerprint density at radius 3 is 2.45 bits per heavy atom. The maximum absolute atomic E-state index is 12.6. The molecule has 0 bridgehead atoms. The van der Waals surface area contributed by atoms with Crippen molar-refractivity contribution < 1.29 is 14.3 Å². The smallest absolute Gasteiger partial charge is 0.280 e. The first-order valence-electron chi connectivity index (χ1n) is 9.90. The fourth-order valence-electron chi connectivity index (χ4n) is 3.32. The molecule has 0 aliphatic carbocycles. The minimum atomic E-state index is -0.540. The molecule has 0 aliphatic heterocycles. The second kappa shape index (κ2) is 9.29. The summed E-state index contributed by atoms with van der Waals surface area (Å²) in [5.41, 5.74) is 10.3. The number of carbonyl (C=O) groups is 2. The van der Waals surface area contributed by atoms with Gasteiger partial charge in [0.2, 0.25) is 5.91 Å². The summed E-state index contributed by atoms with van der Waals surface area (Å²) in [6, 6.07) is 11.0. The molecule has 0 unspecified atom stereocenters. The Hall–Kier alpha value is -3.88. The summed E-state index contributed by atoms with van der Waals surface area (Å²) in [5, 5.41) is 13.3. The van der Waals surface area contributed by atoms with Crippen molar-refractivity contribution in [3.05, 3.63) is 58.8 Å². The van der Waals surface area contributed by atoms with E-state index < -0.39 is 5.91 Å². The van der Waals surface area contributed by atoms with E-state index in [-0.39, 0.29) is 24.0 Å². The lowest BCUT2D eigenvalue weighted by Gasteiger charge is -2.13. The molecule has 0 spiro atoms. The van der Waals surface area contributed by atoms with Crippen LogP contribution in [0.1, 0.15) is 34.1 Å². The van der Waals surface area contributed by atoms with Gasteiger partial charge in [0.1, 0.15) is 12.3 Å². The summed E-state index contributed by atoms with van der Waals surface area (Å²) in [5.74, 6) is -0.326. The zero-order chi connectivity index (χ0) is 22.5. The first-order valence-corrected chi connectivity index (χ1v) is 9.90. The van der Waals surface area contributed by atoms with Gasteiger partial charge in [-0.05, 0) is 51.0 Å². The van der Waals surface area contributed by atoms with Gasteiger partial charge < -0.3 is 21.1 Å². The molecule has 9 nitrogen and oxygen atoms in total. The molecule has 1 aromatic heterocycles. The Kier molecular flexibility index (Phi) is 6.54. The summed E-state index contributed by atoms with van der Waals surface area (Å²) in [4.78, 5) is 25.2. The molecule has 0 saturated heterocycles. The molecule has 4 N–H and O–H groups in total.